The van der Waals surface area contributed by atoms with Crippen molar-refractivity contribution in [1.82, 2.24) is 0 Å². The number of carbonyl (C=O) groups is 1. The molecule has 0 aliphatic heterocycles. The van der Waals surface area contributed by atoms with Crippen LogP contribution in [0.3, 0.4) is 0 Å². The SMILES string of the molecule is C=C(C)C(=O)Oc1c(C)cc(-[s+]2c3ccccc3c3ccccc32)cc1C. The van der Waals surface area contributed by atoms with Crippen molar-refractivity contribution in [3.8, 4) is 10.6 Å². The zero-order valence-corrected chi connectivity index (χ0v) is 16.5. The molecule has 4 aromatic rings. The third kappa shape index (κ3) is 2.94. The van der Waals surface area contributed by atoms with Crippen LogP contribution in [0.15, 0.2) is 72.8 Å². The molecule has 0 unspecified atom stereocenters. The van der Waals surface area contributed by atoms with E-state index < -0.39 is 0 Å². The summed E-state index contributed by atoms with van der Waals surface area (Å²) in [4.78, 5) is 13.2. The van der Waals surface area contributed by atoms with Crippen LogP contribution in [-0.4, -0.2) is 5.97 Å². The Morgan fingerprint density at radius 3 is 1.85 bits per heavy atom. The zero-order valence-electron chi connectivity index (χ0n) is 15.7. The lowest BCUT2D eigenvalue weighted by atomic mass is 10.1. The molecule has 0 fully saturated rings. The summed E-state index contributed by atoms with van der Waals surface area (Å²) in [5, 5.41) is 2.62. The highest BCUT2D eigenvalue weighted by Crippen LogP contribution is 2.49. The second kappa shape index (κ2) is 6.67. The van der Waals surface area contributed by atoms with Crippen LogP contribution in [0.2, 0.25) is 0 Å². The summed E-state index contributed by atoms with van der Waals surface area (Å²) in [6.07, 6.45) is 0. The fourth-order valence-corrected chi connectivity index (χ4v) is 6.04. The molecule has 4 rings (SSSR count). The van der Waals surface area contributed by atoms with Gasteiger partial charge in [0, 0.05) is 38.9 Å². The highest BCUT2D eigenvalue weighted by molar-refractivity contribution is 7.50. The maximum Gasteiger partial charge on any atom is 0.338 e. The van der Waals surface area contributed by atoms with Crippen LogP contribution < -0.4 is 4.74 Å². The van der Waals surface area contributed by atoms with Crippen LogP contribution in [0.1, 0.15) is 18.1 Å². The van der Waals surface area contributed by atoms with Gasteiger partial charge in [0.15, 0.2) is 14.3 Å². The molecule has 0 aliphatic rings. The molecule has 0 saturated carbocycles. The van der Waals surface area contributed by atoms with Crippen LogP contribution in [0.4, 0.5) is 0 Å². The molecular weight excluding hydrogens is 352 g/mol. The van der Waals surface area contributed by atoms with E-state index in [2.05, 4.69) is 67.2 Å². The average molecular weight is 373 g/mol. The van der Waals surface area contributed by atoms with Gasteiger partial charge in [0.2, 0.25) is 0 Å². The Labute approximate surface area is 161 Å². The predicted molar refractivity (Wildman–Crippen MR) is 115 cm³/mol. The molecule has 0 radical (unpaired) electrons. The van der Waals surface area contributed by atoms with E-state index >= 15 is 0 Å². The highest BCUT2D eigenvalue weighted by Gasteiger charge is 2.25. The number of hydrogen-bond donors (Lipinski definition) is 0. The third-order valence-electron chi connectivity index (χ3n) is 4.72. The Balaban J connectivity index is 1.94. The fraction of sp³-hybridized carbons (Fsp3) is 0.125. The molecule has 27 heavy (non-hydrogen) atoms. The van der Waals surface area contributed by atoms with Crippen LogP contribution in [0.25, 0.3) is 25.1 Å². The highest BCUT2D eigenvalue weighted by atomic mass is 32.2. The van der Waals surface area contributed by atoms with Crippen molar-refractivity contribution >= 4 is 36.6 Å². The summed E-state index contributed by atoms with van der Waals surface area (Å²) < 4.78 is 8.26. The molecule has 0 aliphatic carbocycles. The van der Waals surface area contributed by atoms with E-state index in [4.69, 9.17) is 4.74 Å². The topological polar surface area (TPSA) is 26.3 Å². The molecule has 0 saturated heterocycles. The van der Waals surface area contributed by atoms with Crippen LogP contribution in [0.5, 0.6) is 5.75 Å². The van der Waals surface area contributed by atoms with Gasteiger partial charge < -0.3 is 4.74 Å². The van der Waals surface area contributed by atoms with Crippen LogP contribution in [-0.2, 0) is 4.79 Å². The summed E-state index contributed by atoms with van der Waals surface area (Å²) in [6, 6.07) is 21.5. The van der Waals surface area contributed by atoms with Gasteiger partial charge in [-0.2, -0.15) is 0 Å². The van der Waals surface area contributed by atoms with E-state index in [-0.39, 0.29) is 16.4 Å². The molecule has 0 bridgehead atoms. The first-order chi connectivity index (χ1) is 13.0. The Morgan fingerprint density at radius 2 is 1.37 bits per heavy atom. The van der Waals surface area contributed by atoms with Crippen molar-refractivity contribution in [1.29, 1.82) is 0 Å². The number of esters is 1. The van der Waals surface area contributed by atoms with Gasteiger partial charge in [0.1, 0.15) is 5.75 Å². The Kier molecular flexibility index (Phi) is 4.33. The molecule has 0 spiro atoms. The number of thiophene rings is 1. The summed E-state index contributed by atoms with van der Waals surface area (Å²) in [5.41, 5.74) is 2.33. The predicted octanol–water partition coefficient (Wildman–Crippen LogP) is 6.83. The maximum atomic E-state index is 12.0. The number of rotatable bonds is 3. The maximum absolute atomic E-state index is 12.0. The Hall–Kier alpha value is -2.91. The molecule has 0 atom stereocenters. The molecule has 1 heterocycles. The number of benzene rings is 3. The molecular formula is C24H21O2S+. The van der Waals surface area contributed by atoms with Gasteiger partial charge in [-0.1, -0.05) is 30.8 Å². The van der Waals surface area contributed by atoms with E-state index in [1.807, 2.05) is 13.8 Å². The molecule has 2 nitrogen and oxygen atoms in total. The van der Waals surface area contributed by atoms with Crippen LogP contribution >= 0.6 is 10.5 Å². The molecule has 3 aromatic carbocycles. The first kappa shape index (κ1) is 17.5. The van der Waals surface area contributed by atoms with Gasteiger partial charge >= 0.3 is 5.97 Å². The summed E-state index contributed by atoms with van der Waals surface area (Å²) in [5.74, 6) is 0.254. The summed E-state index contributed by atoms with van der Waals surface area (Å²) >= 11 is 0. The number of aryl methyl sites for hydroxylation is 2. The van der Waals surface area contributed by atoms with Crippen LogP contribution in [0, 0.1) is 13.8 Å². The van der Waals surface area contributed by atoms with Gasteiger partial charge in [-0.15, -0.1) is 0 Å². The molecule has 134 valence electrons. The summed E-state index contributed by atoms with van der Waals surface area (Å²) in [6.45, 7) is 9.32. The van der Waals surface area contributed by atoms with Gasteiger partial charge in [-0.05, 0) is 56.2 Å². The quantitative estimate of drug-likeness (QED) is 0.170. The minimum absolute atomic E-state index is 0.149. The normalized spacial score (nSPS) is 11.1. The number of fused-ring (bicyclic) bond motifs is 3. The minimum Gasteiger partial charge on any atom is -0.423 e. The third-order valence-corrected chi connectivity index (χ3v) is 7.02. The van der Waals surface area contributed by atoms with Gasteiger partial charge in [0.25, 0.3) is 0 Å². The van der Waals surface area contributed by atoms with E-state index in [1.165, 1.54) is 25.1 Å². The fourth-order valence-electron chi connectivity index (χ4n) is 3.48. The minimum atomic E-state index is -0.382. The zero-order chi connectivity index (χ0) is 19.1. The largest absolute Gasteiger partial charge is 0.423 e. The smallest absolute Gasteiger partial charge is 0.338 e. The van der Waals surface area contributed by atoms with Gasteiger partial charge in [-0.3, -0.25) is 0 Å². The second-order valence-electron chi connectivity index (χ2n) is 6.85. The number of ether oxygens (including phenoxy) is 1. The second-order valence-corrected chi connectivity index (χ2v) is 8.82. The molecule has 3 heteroatoms. The lowest BCUT2D eigenvalue weighted by Gasteiger charge is -2.10. The van der Waals surface area contributed by atoms with Crippen molar-refractivity contribution < 1.29 is 9.53 Å². The molecule has 0 amide bonds. The first-order valence-corrected chi connectivity index (χ1v) is 10.1. The standard InChI is InChI=1S/C24H21O2S/c1-15(2)24(25)26-23-16(3)13-18(14-17(23)4)27-21-11-7-5-9-19(21)20-10-6-8-12-22(20)27/h5-14H,1H2,2-4H3/q+1. The Morgan fingerprint density at radius 1 is 0.889 bits per heavy atom. The Bertz CT molecular complexity index is 1140. The first-order valence-electron chi connectivity index (χ1n) is 8.89. The van der Waals surface area contributed by atoms with E-state index in [0.29, 0.717) is 11.3 Å². The van der Waals surface area contributed by atoms with Crippen molar-refractivity contribution in [2.75, 3.05) is 0 Å². The number of hydrogen-bond acceptors (Lipinski definition) is 2. The summed E-state index contributed by atoms with van der Waals surface area (Å²) in [7, 11) is -0.149. The number of carbonyl (C=O) groups excluding carboxylic acids is 1. The average Bonchev–Trinajstić information content (AvgIpc) is 2.99. The molecule has 1 aromatic heterocycles. The van der Waals surface area contributed by atoms with Crippen molar-refractivity contribution in [2.45, 2.75) is 20.8 Å². The van der Waals surface area contributed by atoms with Crippen molar-refractivity contribution in [3.63, 3.8) is 0 Å². The van der Waals surface area contributed by atoms with E-state index in [0.717, 1.165) is 11.1 Å². The lowest BCUT2D eigenvalue weighted by molar-refractivity contribution is -0.130. The van der Waals surface area contributed by atoms with Crippen molar-refractivity contribution in [3.05, 3.63) is 83.9 Å². The van der Waals surface area contributed by atoms with Crippen molar-refractivity contribution in [2.24, 2.45) is 0 Å². The lowest BCUT2D eigenvalue weighted by Crippen LogP contribution is -2.10. The monoisotopic (exact) mass is 373 g/mol. The van der Waals surface area contributed by atoms with Gasteiger partial charge in [0.05, 0.1) is 0 Å². The van der Waals surface area contributed by atoms with Gasteiger partial charge in [-0.25, -0.2) is 4.79 Å². The molecule has 0 N–H and O–H groups in total. The van der Waals surface area contributed by atoms with E-state index in [9.17, 15) is 4.79 Å². The van der Waals surface area contributed by atoms with E-state index in [1.54, 1.807) is 6.92 Å².